The van der Waals surface area contributed by atoms with Crippen molar-refractivity contribution in [2.45, 2.75) is 18.6 Å². The van der Waals surface area contributed by atoms with Crippen LogP contribution in [-0.4, -0.2) is 79.6 Å². The average Bonchev–Trinajstić information content (AvgIpc) is 2.08. The van der Waals surface area contributed by atoms with E-state index in [0.717, 1.165) is 0 Å². The maximum absolute atomic E-state index is 10.9. The molecule has 0 amide bonds. The molecular weight excluding hydrogens is 246 g/mol. The first kappa shape index (κ1) is 22.2. The molecule has 0 aliphatic carbocycles. The molecule has 0 aromatic heterocycles. The Morgan fingerprint density at radius 1 is 1.29 bits per heavy atom. The first-order chi connectivity index (χ1) is 6.79. The molecule has 0 spiro atoms. The van der Waals surface area contributed by atoms with Crippen molar-refractivity contribution in [1.82, 2.24) is 0 Å². The van der Waals surface area contributed by atoms with Gasteiger partial charge >= 0.3 is 49.7 Å². The summed E-state index contributed by atoms with van der Waals surface area (Å²) in [5, 5.41) is 6.12. The number of carbonyl (C=O) groups excluding carboxylic acids is 1. The summed E-state index contributed by atoms with van der Waals surface area (Å²) in [4.78, 5) is 29.2. The molecule has 0 saturated carbocycles. The fraction of sp³-hybridized carbons (Fsp3) is 0.667. The zero-order chi connectivity index (χ0) is 12.1. The normalized spacial score (nSPS) is 11.6. The number of hydrogen-bond donors (Lipinski definition) is 2. The van der Waals surface area contributed by atoms with Crippen LogP contribution in [0.25, 0.3) is 0 Å². The predicted octanol–water partition coefficient (Wildman–Crippen LogP) is -2.08. The van der Waals surface area contributed by atoms with E-state index in [1.54, 1.807) is 0 Å². The molecule has 1 atom stereocenters. The van der Waals surface area contributed by atoms with E-state index >= 15 is 0 Å². The van der Waals surface area contributed by atoms with Gasteiger partial charge in [0.2, 0.25) is 0 Å². The summed E-state index contributed by atoms with van der Waals surface area (Å²) >= 11 is 0. The summed E-state index contributed by atoms with van der Waals surface area (Å²) in [6.45, 7) is 1.43. The monoisotopic (exact) mass is 258 g/mol. The second-order valence-corrected chi connectivity index (χ2v) is 4.01. The van der Waals surface area contributed by atoms with Crippen molar-refractivity contribution >= 4 is 59.8 Å². The van der Waals surface area contributed by atoms with Gasteiger partial charge in [0, 0.05) is 0 Å². The molecule has 0 fully saturated rings. The van der Waals surface area contributed by atoms with Crippen LogP contribution in [-0.2, 0) is 29.5 Å². The summed E-state index contributed by atoms with van der Waals surface area (Å²) in [6, 6.07) is 0. The predicted molar refractivity (Wildman–Crippen MR) is 59.6 cm³/mol. The summed E-state index contributed by atoms with van der Waals surface area (Å²) in [5.74, 6) is -3.03. The second-order valence-electron chi connectivity index (χ2n) is 2.41. The van der Waals surface area contributed by atoms with E-state index in [2.05, 4.69) is 9.78 Å². The molecule has 92 valence electrons. The third-order valence-electron chi connectivity index (χ3n) is 1.24. The van der Waals surface area contributed by atoms with Gasteiger partial charge in [0.15, 0.2) is 5.25 Å². The van der Waals surface area contributed by atoms with Gasteiger partial charge in [-0.3, -0.25) is 14.2 Å². The Hall–Kier alpha value is 0.00481. The van der Waals surface area contributed by atoms with Crippen molar-refractivity contribution in [3.63, 3.8) is 0 Å². The summed E-state index contributed by atoms with van der Waals surface area (Å²) < 4.78 is 29.8. The quantitative estimate of drug-likeness (QED) is 0.240. The van der Waals surface area contributed by atoms with E-state index < -0.39 is 33.7 Å². The van der Waals surface area contributed by atoms with Crippen LogP contribution in [0.2, 0.25) is 0 Å². The van der Waals surface area contributed by atoms with Crippen LogP contribution >= 0.6 is 0 Å². The Bertz CT molecular complexity index is 340. The van der Waals surface area contributed by atoms with Gasteiger partial charge in [-0.25, -0.2) is 4.79 Å². The van der Waals surface area contributed by atoms with Gasteiger partial charge in [0.1, 0.15) is 0 Å². The van der Waals surface area contributed by atoms with Gasteiger partial charge in [0.25, 0.3) is 10.1 Å². The van der Waals surface area contributed by atoms with Crippen molar-refractivity contribution in [2.24, 2.45) is 0 Å². The fourth-order valence-corrected chi connectivity index (χ4v) is 1.28. The Morgan fingerprint density at radius 2 is 1.76 bits per heavy atom. The third-order valence-corrected chi connectivity index (χ3v) is 2.32. The number of aliphatic carboxylic acids is 1. The molecular formula is C6H12Li2O8S. The van der Waals surface area contributed by atoms with Crippen LogP contribution in [0.3, 0.4) is 0 Å². The average molecular weight is 258 g/mol. The van der Waals surface area contributed by atoms with Gasteiger partial charge < -0.3 is 5.11 Å². The first-order valence-electron chi connectivity index (χ1n) is 3.80. The molecule has 1 unspecified atom stereocenters. The Labute approximate surface area is 122 Å². The number of carboxylic acid groups (broad SMARTS) is 1. The van der Waals surface area contributed by atoms with Crippen LogP contribution in [0.15, 0.2) is 0 Å². The van der Waals surface area contributed by atoms with Gasteiger partial charge in [-0.05, 0) is 6.92 Å². The Kier molecular flexibility index (Phi) is 13.0. The number of carbonyl (C=O) groups is 2. The molecule has 17 heavy (non-hydrogen) atoms. The SMILES string of the molecule is CCOOC(=O)C(CC(=O)O)S(=O)(=O)O.[LiH].[LiH]. The van der Waals surface area contributed by atoms with E-state index in [0.29, 0.717) is 0 Å². The summed E-state index contributed by atoms with van der Waals surface area (Å²) in [6.07, 6.45) is -1.09. The van der Waals surface area contributed by atoms with Crippen LogP contribution in [0, 0.1) is 0 Å². The minimum atomic E-state index is -4.83. The molecule has 0 rings (SSSR count). The Morgan fingerprint density at radius 3 is 2.06 bits per heavy atom. The van der Waals surface area contributed by atoms with Crippen molar-refractivity contribution in [2.75, 3.05) is 6.61 Å². The minimum absolute atomic E-state index is 0. The van der Waals surface area contributed by atoms with Crippen molar-refractivity contribution < 1.29 is 37.4 Å². The fourth-order valence-electron chi connectivity index (χ4n) is 0.640. The zero-order valence-electron chi connectivity index (χ0n) is 7.74. The van der Waals surface area contributed by atoms with Crippen LogP contribution < -0.4 is 0 Å². The topological polar surface area (TPSA) is 127 Å². The van der Waals surface area contributed by atoms with Crippen molar-refractivity contribution in [1.29, 1.82) is 0 Å². The molecule has 0 saturated heterocycles. The molecule has 8 nitrogen and oxygen atoms in total. The standard InChI is InChI=1S/C6H10O8S.2Li.2H/c1-2-13-14-6(9)4(3-5(7)8)15(10,11)12;;;;/h4H,2-3H2,1H3,(H,7,8)(H,10,11,12);;;;. The van der Waals surface area contributed by atoms with Crippen LogP contribution in [0.1, 0.15) is 13.3 Å². The van der Waals surface area contributed by atoms with E-state index in [-0.39, 0.29) is 44.3 Å². The third kappa shape index (κ3) is 9.68. The van der Waals surface area contributed by atoms with Crippen LogP contribution in [0.5, 0.6) is 0 Å². The first-order valence-corrected chi connectivity index (χ1v) is 5.30. The van der Waals surface area contributed by atoms with Gasteiger partial charge in [-0.15, -0.1) is 0 Å². The molecule has 0 aromatic carbocycles. The summed E-state index contributed by atoms with van der Waals surface area (Å²) in [5.41, 5.74) is 0. The van der Waals surface area contributed by atoms with Gasteiger partial charge in [0.05, 0.1) is 13.0 Å². The molecule has 0 aliphatic heterocycles. The van der Waals surface area contributed by atoms with E-state index in [1.807, 2.05) is 0 Å². The number of rotatable bonds is 6. The van der Waals surface area contributed by atoms with E-state index in [1.165, 1.54) is 6.92 Å². The number of carboxylic acids is 1. The van der Waals surface area contributed by atoms with Crippen molar-refractivity contribution in [3.8, 4) is 0 Å². The van der Waals surface area contributed by atoms with E-state index in [9.17, 15) is 18.0 Å². The second kappa shape index (κ2) is 9.98. The molecule has 0 bridgehead atoms. The van der Waals surface area contributed by atoms with Crippen molar-refractivity contribution in [3.05, 3.63) is 0 Å². The molecule has 11 heteroatoms. The van der Waals surface area contributed by atoms with Gasteiger partial charge in [-0.2, -0.15) is 13.3 Å². The Balaban J connectivity index is -0.000000980. The summed E-state index contributed by atoms with van der Waals surface area (Å²) in [7, 11) is -4.83. The zero-order valence-corrected chi connectivity index (χ0v) is 8.56. The number of hydrogen-bond acceptors (Lipinski definition) is 6. The molecule has 0 radical (unpaired) electrons. The molecule has 0 aromatic rings. The maximum atomic E-state index is 10.9. The molecule has 2 N–H and O–H groups in total. The van der Waals surface area contributed by atoms with E-state index in [4.69, 9.17) is 9.66 Å². The van der Waals surface area contributed by atoms with Gasteiger partial charge in [-0.1, -0.05) is 0 Å². The molecule has 0 heterocycles. The van der Waals surface area contributed by atoms with Crippen LogP contribution in [0.4, 0.5) is 0 Å². The molecule has 0 aliphatic rings.